The third-order valence-electron chi connectivity index (χ3n) is 8.05. The van der Waals surface area contributed by atoms with Crippen LogP contribution in [0.1, 0.15) is 68.8 Å². The molecule has 5 rings (SSSR count). The molecule has 4 aromatic rings. The lowest BCUT2D eigenvalue weighted by Crippen LogP contribution is -2.23. The van der Waals surface area contributed by atoms with E-state index in [-0.39, 0.29) is 5.97 Å². The van der Waals surface area contributed by atoms with Crippen LogP contribution in [0, 0.1) is 12.8 Å². The van der Waals surface area contributed by atoms with Crippen LogP contribution >= 0.6 is 0 Å². The first-order valence-electron chi connectivity index (χ1n) is 14.5. The van der Waals surface area contributed by atoms with Crippen LogP contribution in [0.5, 0.6) is 0 Å². The smallest absolute Gasteiger partial charge is 0.316 e. The Hall–Kier alpha value is -3.86. The van der Waals surface area contributed by atoms with Gasteiger partial charge >= 0.3 is 5.97 Å². The monoisotopic (exact) mass is 536 g/mol. The summed E-state index contributed by atoms with van der Waals surface area (Å²) in [5.41, 5.74) is 8.35. The van der Waals surface area contributed by atoms with Gasteiger partial charge in [-0.3, -0.25) is 4.79 Å². The van der Waals surface area contributed by atoms with Crippen LogP contribution < -0.4 is 5.32 Å². The Morgan fingerprint density at radius 2 is 1.52 bits per heavy atom. The minimum Gasteiger partial charge on any atom is -0.465 e. The van der Waals surface area contributed by atoms with Crippen molar-refractivity contribution in [2.24, 2.45) is 5.92 Å². The van der Waals surface area contributed by atoms with Crippen molar-refractivity contribution in [3.05, 3.63) is 95.2 Å². The van der Waals surface area contributed by atoms with Crippen LogP contribution in [0.3, 0.4) is 0 Å². The number of ether oxygens (including phenoxy) is 1. The van der Waals surface area contributed by atoms with E-state index in [9.17, 15) is 4.79 Å². The molecule has 40 heavy (non-hydrogen) atoms. The number of aryl methyl sites for hydroxylation is 1. The first-order valence-corrected chi connectivity index (χ1v) is 14.5. The molecule has 0 amide bonds. The van der Waals surface area contributed by atoms with Crippen LogP contribution in [-0.2, 0) is 21.4 Å². The largest absolute Gasteiger partial charge is 0.465 e. The molecule has 1 fully saturated rings. The summed E-state index contributed by atoms with van der Waals surface area (Å²) in [7, 11) is 0. The van der Waals surface area contributed by atoms with Crippen molar-refractivity contribution in [1.29, 1.82) is 0 Å². The van der Waals surface area contributed by atoms with Gasteiger partial charge in [-0.05, 0) is 72.8 Å². The number of carbonyl (C=O) groups excluding carboxylic acids is 1. The minimum absolute atomic E-state index is 0.103. The quantitative estimate of drug-likeness (QED) is 0.195. The van der Waals surface area contributed by atoms with Gasteiger partial charge in [0.15, 0.2) is 5.76 Å². The minimum atomic E-state index is -0.443. The summed E-state index contributed by atoms with van der Waals surface area (Å²) in [6.07, 6.45) is 2.73. The normalized spacial score (nSPS) is 14.7. The first kappa shape index (κ1) is 27.7. The van der Waals surface area contributed by atoms with E-state index in [1.165, 1.54) is 11.1 Å². The summed E-state index contributed by atoms with van der Waals surface area (Å²) in [6, 6.07) is 25.7. The van der Waals surface area contributed by atoms with Crippen molar-refractivity contribution in [1.82, 2.24) is 5.16 Å². The molecule has 3 aromatic carbocycles. The van der Waals surface area contributed by atoms with Crippen molar-refractivity contribution in [3.8, 4) is 22.5 Å². The maximum Gasteiger partial charge on any atom is 0.316 e. The molecule has 1 aliphatic rings. The van der Waals surface area contributed by atoms with Crippen molar-refractivity contribution < 1.29 is 14.1 Å². The van der Waals surface area contributed by atoms with Gasteiger partial charge in [0, 0.05) is 12.1 Å². The molecule has 1 aromatic heterocycles. The van der Waals surface area contributed by atoms with E-state index >= 15 is 0 Å². The van der Waals surface area contributed by atoms with E-state index in [1.54, 1.807) is 0 Å². The maximum atomic E-state index is 12.4. The zero-order chi connectivity index (χ0) is 28.3. The molecule has 0 radical (unpaired) electrons. The lowest BCUT2D eigenvalue weighted by molar-refractivity contribution is -0.146. The number of nitrogens with one attached hydrogen (secondary N) is 1. The Kier molecular flexibility index (Phi) is 8.11. The Balaban J connectivity index is 1.24. The molecule has 1 N–H and O–H groups in total. The number of anilines is 1. The fraction of sp³-hybridized carbons (Fsp3) is 0.371. The molecule has 0 saturated heterocycles. The molecule has 5 nitrogen and oxygen atoms in total. The molecule has 0 aliphatic heterocycles. The van der Waals surface area contributed by atoms with Gasteiger partial charge < -0.3 is 14.6 Å². The highest BCUT2D eigenvalue weighted by atomic mass is 16.5. The molecule has 5 heteroatoms. The molecule has 0 bridgehead atoms. The van der Waals surface area contributed by atoms with Crippen molar-refractivity contribution in [2.45, 2.75) is 65.2 Å². The van der Waals surface area contributed by atoms with Crippen LogP contribution in [0.25, 0.3) is 22.5 Å². The Labute approximate surface area is 237 Å². The number of hydrogen-bond donors (Lipinski definition) is 1. The van der Waals surface area contributed by atoms with E-state index in [0.29, 0.717) is 18.4 Å². The molecule has 1 aliphatic carbocycles. The number of hydrogen-bond acceptors (Lipinski definition) is 5. The molecule has 208 valence electrons. The highest BCUT2D eigenvalue weighted by Crippen LogP contribution is 2.49. The third kappa shape index (κ3) is 5.84. The van der Waals surface area contributed by atoms with Crippen LogP contribution in [0.2, 0.25) is 0 Å². The number of esters is 1. The van der Waals surface area contributed by atoms with Gasteiger partial charge in [-0.15, -0.1) is 0 Å². The highest BCUT2D eigenvalue weighted by Gasteiger charge is 2.52. The lowest BCUT2D eigenvalue weighted by Gasteiger charge is -2.15. The number of rotatable bonds is 11. The van der Waals surface area contributed by atoms with Crippen LogP contribution in [-0.4, -0.2) is 24.3 Å². The SMILES string of the molecule is CCOC(=O)C1(c2ccc(-c3ccc(-c4onc(C)c4NCC(C)Cc4ccc(C(C)C)cc4)cc3)cc2)CC1. The Morgan fingerprint density at radius 1 is 0.925 bits per heavy atom. The number of carbonyl (C=O) groups is 1. The molecule has 1 unspecified atom stereocenters. The van der Waals surface area contributed by atoms with Crippen molar-refractivity contribution in [3.63, 3.8) is 0 Å². The summed E-state index contributed by atoms with van der Waals surface area (Å²) in [5, 5.41) is 7.86. The van der Waals surface area contributed by atoms with Crippen LogP contribution in [0.4, 0.5) is 5.69 Å². The van der Waals surface area contributed by atoms with Gasteiger partial charge in [0.1, 0.15) is 11.4 Å². The highest BCUT2D eigenvalue weighted by molar-refractivity contribution is 5.87. The first-order chi connectivity index (χ1) is 19.3. The average Bonchev–Trinajstić information content (AvgIpc) is 3.70. The van der Waals surface area contributed by atoms with Gasteiger partial charge in [0.05, 0.1) is 12.0 Å². The molecular formula is C35H40N2O3. The second-order valence-electron chi connectivity index (χ2n) is 11.5. The average molecular weight is 537 g/mol. The summed E-state index contributed by atoms with van der Waals surface area (Å²) in [6.45, 7) is 11.8. The zero-order valence-electron chi connectivity index (χ0n) is 24.3. The molecule has 1 heterocycles. The molecule has 0 spiro atoms. The van der Waals surface area contributed by atoms with Gasteiger partial charge in [0.2, 0.25) is 0 Å². The van der Waals surface area contributed by atoms with E-state index in [4.69, 9.17) is 9.26 Å². The second kappa shape index (κ2) is 11.7. The van der Waals surface area contributed by atoms with Gasteiger partial charge in [0.25, 0.3) is 0 Å². The summed E-state index contributed by atoms with van der Waals surface area (Å²) in [4.78, 5) is 12.4. The number of benzene rings is 3. The fourth-order valence-corrected chi connectivity index (χ4v) is 5.37. The predicted octanol–water partition coefficient (Wildman–Crippen LogP) is 8.33. The third-order valence-corrected chi connectivity index (χ3v) is 8.05. The van der Waals surface area contributed by atoms with Crippen molar-refractivity contribution in [2.75, 3.05) is 18.5 Å². The molecule has 1 atom stereocenters. The van der Waals surface area contributed by atoms with Gasteiger partial charge in [-0.2, -0.15) is 0 Å². The fourth-order valence-electron chi connectivity index (χ4n) is 5.37. The maximum absolute atomic E-state index is 12.4. The molecular weight excluding hydrogens is 496 g/mol. The van der Waals surface area contributed by atoms with E-state index < -0.39 is 5.41 Å². The van der Waals surface area contributed by atoms with Crippen molar-refractivity contribution >= 4 is 11.7 Å². The lowest BCUT2D eigenvalue weighted by atomic mass is 9.93. The van der Waals surface area contributed by atoms with E-state index in [0.717, 1.165) is 65.2 Å². The topological polar surface area (TPSA) is 64.4 Å². The standard InChI is InChI=1S/C35H40N2O3/c1-6-39-34(38)35(19-20-35)31-17-15-29(16-18-31)28-11-13-30(14-12-28)33-32(25(5)37-40-33)36-22-24(4)21-26-7-9-27(10-8-26)23(2)3/h7-18,23-24,36H,6,19-22H2,1-5H3. The Morgan fingerprint density at radius 3 is 2.10 bits per heavy atom. The summed E-state index contributed by atoms with van der Waals surface area (Å²) < 4.78 is 11.1. The van der Waals surface area contributed by atoms with Crippen LogP contribution in [0.15, 0.2) is 77.3 Å². The van der Waals surface area contributed by atoms with Gasteiger partial charge in [-0.25, -0.2) is 0 Å². The van der Waals surface area contributed by atoms with Gasteiger partial charge in [-0.1, -0.05) is 98.7 Å². The molecule has 1 saturated carbocycles. The predicted molar refractivity (Wildman–Crippen MR) is 162 cm³/mol. The zero-order valence-corrected chi connectivity index (χ0v) is 24.3. The summed E-state index contributed by atoms with van der Waals surface area (Å²) in [5.74, 6) is 1.66. The van der Waals surface area contributed by atoms with E-state index in [2.05, 4.69) is 104 Å². The second-order valence-corrected chi connectivity index (χ2v) is 11.5. The summed E-state index contributed by atoms with van der Waals surface area (Å²) >= 11 is 0. The number of nitrogens with zero attached hydrogens (tertiary/aromatic N) is 1. The Bertz CT molecular complexity index is 1430. The van der Waals surface area contributed by atoms with E-state index in [1.807, 2.05) is 13.8 Å². The number of aromatic nitrogens is 1.